The van der Waals surface area contributed by atoms with Crippen LogP contribution < -0.4 is 0 Å². The monoisotopic (exact) mass is 568 g/mol. The molecule has 6 nitrogen and oxygen atoms in total. The molecule has 1 aromatic rings. The highest BCUT2D eigenvalue weighted by Gasteiger charge is 2.31. The molecule has 41 heavy (non-hydrogen) atoms. The summed E-state index contributed by atoms with van der Waals surface area (Å²) in [5, 5.41) is 9.18. The quantitative estimate of drug-likeness (QED) is 0.128. The van der Waals surface area contributed by atoms with Gasteiger partial charge in [0.2, 0.25) is 0 Å². The van der Waals surface area contributed by atoms with Crippen LogP contribution in [0.3, 0.4) is 0 Å². The molecular formula is C35H52O6. The summed E-state index contributed by atoms with van der Waals surface area (Å²) in [5.41, 5.74) is 2.48. The maximum Gasteiger partial charge on any atom is 0.335 e. The van der Waals surface area contributed by atoms with E-state index in [4.69, 9.17) is 14.2 Å². The van der Waals surface area contributed by atoms with Crippen LogP contribution in [0.2, 0.25) is 0 Å². The van der Waals surface area contributed by atoms with E-state index in [0.29, 0.717) is 5.92 Å². The van der Waals surface area contributed by atoms with E-state index in [9.17, 15) is 14.7 Å². The molecule has 2 aliphatic carbocycles. The fourth-order valence-corrected chi connectivity index (χ4v) is 6.69. The van der Waals surface area contributed by atoms with Gasteiger partial charge in [-0.05, 0) is 73.3 Å². The molecular weight excluding hydrogens is 516 g/mol. The third-order valence-electron chi connectivity index (χ3n) is 9.34. The van der Waals surface area contributed by atoms with Crippen molar-refractivity contribution >= 4 is 11.9 Å². The standard InChI is InChI=1S/C35H52O6/c1-5-6-7-8-27-9-11-28(12-10-27)29-13-15-30(16-14-29)31-17-19-32(20-18-31)33(23-40-34(37)25(2)21-36)24-41-35(38)26(3)22-39-4/h17-20,27-30,33,36H,2-3,5-16,21-24H2,1,4H3. The van der Waals surface area contributed by atoms with Crippen LogP contribution in [0.15, 0.2) is 48.6 Å². The van der Waals surface area contributed by atoms with Crippen molar-refractivity contribution in [2.45, 2.75) is 95.8 Å². The number of aliphatic hydroxyl groups excluding tert-OH is 1. The van der Waals surface area contributed by atoms with E-state index in [1.165, 1.54) is 89.7 Å². The minimum absolute atomic E-state index is 0.00713. The Morgan fingerprint density at radius 3 is 1.95 bits per heavy atom. The van der Waals surface area contributed by atoms with Crippen LogP contribution >= 0.6 is 0 Å². The van der Waals surface area contributed by atoms with E-state index in [2.05, 4.69) is 44.3 Å². The molecule has 228 valence electrons. The lowest BCUT2D eigenvalue weighted by Gasteiger charge is -2.38. The Morgan fingerprint density at radius 1 is 0.854 bits per heavy atom. The van der Waals surface area contributed by atoms with Gasteiger partial charge in [0, 0.05) is 7.11 Å². The molecule has 6 heteroatoms. The zero-order chi connectivity index (χ0) is 29.6. The highest BCUT2D eigenvalue weighted by atomic mass is 16.5. The Labute approximate surface area is 247 Å². The molecule has 0 radical (unpaired) electrons. The van der Waals surface area contributed by atoms with Gasteiger partial charge >= 0.3 is 11.9 Å². The Morgan fingerprint density at radius 2 is 1.41 bits per heavy atom. The predicted octanol–water partition coefficient (Wildman–Crippen LogP) is 7.27. The number of esters is 2. The molecule has 0 saturated heterocycles. The molecule has 2 aliphatic rings. The van der Waals surface area contributed by atoms with Crippen molar-refractivity contribution in [2.75, 3.05) is 33.5 Å². The number of carbonyl (C=O) groups excluding carboxylic acids is 2. The lowest BCUT2D eigenvalue weighted by molar-refractivity contribution is -0.143. The number of hydrogen-bond acceptors (Lipinski definition) is 6. The summed E-state index contributed by atoms with van der Waals surface area (Å²) in [6, 6.07) is 8.46. The summed E-state index contributed by atoms with van der Waals surface area (Å²) in [7, 11) is 1.49. The summed E-state index contributed by atoms with van der Waals surface area (Å²) in [6.07, 6.45) is 16.4. The smallest absolute Gasteiger partial charge is 0.335 e. The Kier molecular flexibility index (Phi) is 14.1. The number of carbonyl (C=O) groups is 2. The molecule has 1 N–H and O–H groups in total. The van der Waals surface area contributed by atoms with Gasteiger partial charge in [-0.1, -0.05) is 82.9 Å². The van der Waals surface area contributed by atoms with Crippen molar-refractivity contribution in [1.82, 2.24) is 0 Å². The molecule has 0 aromatic heterocycles. The fraction of sp³-hybridized carbons (Fsp3) is 0.657. The van der Waals surface area contributed by atoms with E-state index >= 15 is 0 Å². The van der Waals surface area contributed by atoms with Crippen LogP contribution in [0.5, 0.6) is 0 Å². The van der Waals surface area contributed by atoms with Crippen LogP contribution in [0, 0.1) is 17.8 Å². The second-order valence-corrected chi connectivity index (χ2v) is 12.2. The van der Waals surface area contributed by atoms with Crippen LogP contribution in [0.1, 0.15) is 107 Å². The topological polar surface area (TPSA) is 82.1 Å². The molecule has 2 saturated carbocycles. The minimum Gasteiger partial charge on any atom is -0.461 e. The van der Waals surface area contributed by atoms with Gasteiger partial charge in [-0.2, -0.15) is 0 Å². The number of hydrogen-bond donors (Lipinski definition) is 1. The number of rotatable bonds is 16. The van der Waals surface area contributed by atoms with Gasteiger partial charge in [0.15, 0.2) is 0 Å². The number of benzene rings is 1. The van der Waals surface area contributed by atoms with Crippen molar-refractivity contribution in [3.63, 3.8) is 0 Å². The number of ether oxygens (including phenoxy) is 3. The first-order valence-corrected chi connectivity index (χ1v) is 15.8. The molecule has 0 amide bonds. The van der Waals surface area contributed by atoms with Crippen LogP contribution in [0.4, 0.5) is 0 Å². The van der Waals surface area contributed by atoms with E-state index in [1.54, 1.807) is 0 Å². The lowest BCUT2D eigenvalue weighted by Crippen LogP contribution is -2.25. The average molecular weight is 569 g/mol. The highest BCUT2D eigenvalue weighted by Crippen LogP contribution is 2.44. The first-order chi connectivity index (χ1) is 19.9. The fourth-order valence-electron chi connectivity index (χ4n) is 6.69. The molecule has 0 bridgehead atoms. The second kappa shape index (κ2) is 17.5. The lowest BCUT2D eigenvalue weighted by atomic mass is 9.68. The highest BCUT2D eigenvalue weighted by molar-refractivity contribution is 5.88. The summed E-state index contributed by atoms with van der Waals surface area (Å²) in [5.74, 6) is 1.80. The van der Waals surface area contributed by atoms with Gasteiger partial charge in [0.05, 0.1) is 30.3 Å². The van der Waals surface area contributed by atoms with Gasteiger partial charge in [-0.25, -0.2) is 9.59 Å². The Balaban J connectivity index is 1.53. The zero-order valence-electron chi connectivity index (χ0n) is 25.4. The van der Waals surface area contributed by atoms with Gasteiger partial charge in [-0.15, -0.1) is 0 Å². The van der Waals surface area contributed by atoms with Crippen LogP contribution in [0.25, 0.3) is 0 Å². The third kappa shape index (κ3) is 10.4. The molecule has 2 fully saturated rings. The molecule has 0 heterocycles. The second-order valence-electron chi connectivity index (χ2n) is 12.2. The van der Waals surface area contributed by atoms with Crippen molar-refractivity contribution in [3.05, 3.63) is 59.7 Å². The number of unbranched alkanes of at least 4 members (excludes halogenated alkanes) is 2. The average Bonchev–Trinajstić information content (AvgIpc) is 3.01. The van der Waals surface area contributed by atoms with Crippen LogP contribution in [-0.4, -0.2) is 50.6 Å². The van der Waals surface area contributed by atoms with E-state index in [0.717, 1.165) is 23.3 Å². The van der Waals surface area contributed by atoms with Crippen molar-refractivity contribution in [3.8, 4) is 0 Å². The van der Waals surface area contributed by atoms with Gasteiger partial charge < -0.3 is 19.3 Å². The first-order valence-electron chi connectivity index (χ1n) is 15.8. The van der Waals surface area contributed by atoms with Crippen molar-refractivity contribution in [2.24, 2.45) is 17.8 Å². The molecule has 1 unspecified atom stereocenters. The molecule has 0 spiro atoms. The van der Waals surface area contributed by atoms with Crippen LogP contribution in [-0.2, 0) is 23.8 Å². The zero-order valence-corrected chi connectivity index (χ0v) is 25.4. The maximum absolute atomic E-state index is 12.3. The third-order valence-corrected chi connectivity index (χ3v) is 9.34. The maximum atomic E-state index is 12.3. The number of aliphatic hydroxyl groups is 1. The van der Waals surface area contributed by atoms with E-state index < -0.39 is 18.5 Å². The van der Waals surface area contributed by atoms with Crippen molar-refractivity contribution < 1.29 is 28.9 Å². The molecule has 0 aliphatic heterocycles. The Bertz CT molecular complexity index is 967. The van der Waals surface area contributed by atoms with Gasteiger partial charge in [0.1, 0.15) is 13.2 Å². The summed E-state index contributed by atoms with van der Waals surface area (Å²) < 4.78 is 15.8. The largest absolute Gasteiger partial charge is 0.461 e. The summed E-state index contributed by atoms with van der Waals surface area (Å²) in [6.45, 7) is 9.17. The first kappa shape index (κ1) is 33.1. The Hall–Kier alpha value is -2.44. The molecule has 3 rings (SSSR count). The van der Waals surface area contributed by atoms with Gasteiger partial charge in [-0.3, -0.25) is 0 Å². The van der Waals surface area contributed by atoms with Crippen molar-refractivity contribution in [1.29, 1.82) is 0 Å². The minimum atomic E-state index is -0.661. The normalized spacial score (nSPS) is 23.4. The van der Waals surface area contributed by atoms with Gasteiger partial charge in [0.25, 0.3) is 0 Å². The molecule has 1 aromatic carbocycles. The predicted molar refractivity (Wildman–Crippen MR) is 163 cm³/mol. The summed E-state index contributed by atoms with van der Waals surface area (Å²) in [4.78, 5) is 24.4. The van der Waals surface area contributed by atoms with E-state index in [-0.39, 0.29) is 36.9 Å². The van der Waals surface area contributed by atoms with E-state index in [1.807, 2.05) is 0 Å². The SMILES string of the molecule is C=C(CO)C(=O)OCC(COC(=O)C(=C)COC)c1ccc(C2CCC(C3CCC(CCCCC)CC3)CC2)cc1. The number of methoxy groups -OCH3 is 1. The molecule has 1 atom stereocenters. The summed E-state index contributed by atoms with van der Waals surface area (Å²) >= 11 is 0.